The number of carbonyl (C=O) groups is 2. The Hall–Kier alpha value is -2.08. The first-order valence-electron chi connectivity index (χ1n) is 4.99. The fourth-order valence-electron chi connectivity index (χ4n) is 1.63. The third-order valence-corrected chi connectivity index (χ3v) is 2.40. The van der Waals surface area contributed by atoms with Crippen LogP contribution in [0.1, 0.15) is 11.5 Å². The summed E-state index contributed by atoms with van der Waals surface area (Å²) in [6.07, 6.45) is 0. The number of nitrogens with zero attached hydrogens (tertiary/aromatic N) is 1. The average Bonchev–Trinajstić information content (AvgIpc) is 2.28. The van der Waals surface area contributed by atoms with Crippen LogP contribution in [0, 0.1) is 5.82 Å². The zero-order valence-corrected chi connectivity index (χ0v) is 8.81. The molecule has 0 radical (unpaired) electrons. The highest BCUT2D eigenvalue weighted by molar-refractivity contribution is 6.19. The van der Waals surface area contributed by atoms with Gasteiger partial charge in [-0.15, -0.1) is 0 Å². The fourth-order valence-corrected chi connectivity index (χ4v) is 1.63. The normalized spacial score (nSPS) is 19.9. The molecule has 0 fully saturated rings. The smallest absolute Gasteiger partial charge is 0.264 e. The summed E-state index contributed by atoms with van der Waals surface area (Å²) in [7, 11) is 0. The molecule has 1 atom stereocenters. The van der Waals surface area contributed by atoms with Gasteiger partial charge in [-0.25, -0.2) is 4.39 Å². The molecule has 0 aromatic heterocycles. The molecule has 17 heavy (non-hydrogen) atoms. The topological polar surface area (TPSA) is 84.5 Å². The van der Waals surface area contributed by atoms with E-state index < -0.39 is 23.5 Å². The second-order valence-corrected chi connectivity index (χ2v) is 3.58. The maximum absolute atomic E-state index is 13.0. The molecule has 88 valence electrons. The lowest BCUT2D eigenvalue weighted by Gasteiger charge is -2.19. The van der Waals surface area contributed by atoms with Crippen LogP contribution in [-0.4, -0.2) is 24.2 Å². The molecule has 1 heterocycles. The molecule has 0 bridgehead atoms. The number of hydrogen-bond acceptors (Lipinski definition) is 3. The molecule has 5 nitrogen and oxygen atoms in total. The van der Waals surface area contributed by atoms with Crippen LogP contribution in [0.2, 0.25) is 0 Å². The van der Waals surface area contributed by atoms with Crippen LogP contribution >= 0.6 is 0 Å². The van der Waals surface area contributed by atoms with Crippen molar-refractivity contribution in [3.05, 3.63) is 35.6 Å². The van der Waals surface area contributed by atoms with Crippen LogP contribution in [0.25, 0.3) is 0 Å². The highest BCUT2D eigenvalue weighted by Crippen LogP contribution is 2.20. The second-order valence-electron chi connectivity index (χ2n) is 3.58. The Balaban J connectivity index is 2.37. The number of rotatable bonds is 2. The van der Waals surface area contributed by atoms with Crippen molar-refractivity contribution in [2.24, 2.45) is 10.7 Å². The average molecular weight is 235 g/mol. The van der Waals surface area contributed by atoms with Gasteiger partial charge in [0.2, 0.25) is 5.91 Å². The highest BCUT2D eigenvalue weighted by Gasteiger charge is 2.32. The molecule has 6 heteroatoms. The van der Waals surface area contributed by atoms with Gasteiger partial charge in [0, 0.05) is 0 Å². The van der Waals surface area contributed by atoms with Gasteiger partial charge in [0.25, 0.3) is 5.91 Å². The molecule has 1 aliphatic heterocycles. The summed E-state index contributed by atoms with van der Waals surface area (Å²) in [6.45, 7) is -0.0205. The molecule has 0 saturated carbocycles. The van der Waals surface area contributed by atoms with Crippen molar-refractivity contribution in [2.45, 2.75) is 5.92 Å². The first kappa shape index (κ1) is 11.4. The monoisotopic (exact) mass is 235 g/mol. The van der Waals surface area contributed by atoms with Gasteiger partial charge in [0.05, 0.1) is 6.54 Å². The Bertz CT molecular complexity index is 513. The highest BCUT2D eigenvalue weighted by atomic mass is 19.1. The third kappa shape index (κ3) is 2.21. The van der Waals surface area contributed by atoms with Crippen molar-refractivity contribution < 1.29 is 14.0 Å². The zero-order valence-electron chi connectivity index (χ0n) is 8.81. The van der Waals surface area contributed by atoms with Crippen LogP contribution < -0.4 is 11.1 Å². The van der Waals surface area contributed by atoms with Crippen LogP contribution in [-0.2, 0) is 9.59 Å². The number of nitrogens with two attached hydrogens (primary N) is 1. The summed E-state index contributed by atoms with van der Waals surface area (Å²) in [6, 6.07) is 5.33. The zero-order chi connectivity index (χ0) is 12.4. The SMILES string of the molecule is NCC1=NC(=O)C(c2cccc(F)c2)C(=O)N1. The molecule has 2 rings (SSSR count). The number of nitrogens with one attached hydrogen (secondary N) is 1. The van der Waals surface area contributed by atoms with Crippen LogP contribution in [0.5, 0.6) is 0 Å². The molecular weight excluding hydrogens is 225 g/mol. The van der Waals surface area contributed by atoms with Crippen molar-refractivity contribution >= 4 is 17.6 Å². The largest absolute Gasteiger partial charge is 0.324 e. The Morgan fingerprint density at radius 3 is 2.76 bits per heavy atom. The van der Waals surface area contributed by atoms with Gasteiger partial charge < -0.3 is 11.1 Å². The molecule has 0 saturated heterocycles. The number of benzene rings is 1. The number of amidine groups is 1. The lowest BCUT2D eigenvalue weighted by molar-refractivity contribution is -0.129. The van der Waals surface area contributed by atoms with Crippen molar-refractivity contribution in [3.63, 3.8) is 0 Å². The minimum Gasteiger partial charge on any atom is -0.324 e. The number of hydrogen-bond donors (Lipinski definition) is 2. The van der Waals surface area contributed by atoms with Gasteiger partial charge in [0.1, 0.15) is 17.6 Å². The van der Waals surface area contributed by atoms with Gasteiger partial charge >= 0.3 is 0 Å². The number of halogens is 1. The lowest BCUT2D eigenvalue weighted by Crippen LogP contribution is -2.45. The van der Waals surface area contributed by atoms with E-state index in [0.29, 0.717) is 0 Å². The Kier molecular flexibility index (Phi) is 2.97. The van der Waals surface area contributed by atoms with Gasteiger partial charge in [0.15, 0.2) is 0 Å². The van der Waals surface area contributed by atoms with Crippen molar-refractivity contribution in [1.82, 2.24) is 5.32 Å². The van der Waals surface area contributed by atoms with Gasteiger partial charge in [-0.05, 0) is 17.7 Å². The third-order valence-electron chi connectivity index (χ3n) is 2.40. The summed E-state index contributed by atoms with van der Waals surface area (Å²) >= 11 is 0. The van der Waals surface area contributed by atoms with Crippen LogP contribution in [0.15, 0.2) is 29.3 Å². The maximum atomic E-state index is 13.0. The quantitative estimate of drug-likeness (QED) is 0.703. The lowest BCUT2D eigenvalue weighted by atomic mass is 9.96. The number of carbonyl (C=O) groups excluding carboxylic acids is 2. The summed E-state index contributed by atoms with van der Waals surface area (Å²) < 4.78 is 13.0. The van der Waals surface area contributed by atoms with Crippen molar-refractivity contribution in [3.8, 4) is 0 Å². The Labute approximate surface area is 96.5 Å². The standard InChI is InChI=1S/C11H10FN3O2/c12-7-3-1-2-6(4-7)9-10(16)14-8(5-13)15-11(9)17/h1-4,9H,5,13H2,(H,14,15,16,17). The van der Waals surface area contributed by atoms with Crippen LogP contribution in [0.4, 0.5) is 4.39 Å². The van der Waals surface area contributed by atoms with E-state index in [1.807, 2.05) is 0 Å². The fraction of sp³-hybridized carbons (Fsp3) is 0.182. The first-order chi connectivity index (χ1) is 8.11. The minimum absolute atomic E-state index is 0.0205. The van der Waals surface area contributed by atoms with Crippen molar-refractivity contribution in [1.29, 1.82) is 0 Å². The van der Waals surface area contributed by atoms with E-state index in [1.165, 1.54) is 18.2 Å². The predicted molar refractivity (Wildman–Crippen MR) is 58.8 cm³/mol. The second kappa shape index (κ2) is 4.42. The van der Waals surface area contributed by atoms with E-state index in [-0.39, 0.29) is 17.9 Å². The Morgan fingerprint density at radius 2 is 2.18 bits per heavy atom. The minimum atomic E-state index is -1.10. The first-order valence-corrected chi connectivity index (χ1v) is 4.99. The van der Waals surface area contributed by atoms with Gasteiger partial charge in [-0.1, -0.05) is 12.1 Å². The molecule has 1 aliphatic rings. The van der Waals surface area contributed by atoms with E-state index in [1.54, 1.807) is 0 Å². The van der Waals surface area contributed by atoms with E-state index in [2.05, 4.69) is 10.3 Å². The Morgan fingerprint density at radius 1 is 1.41 bits per heavy atom. The molecule has 0 spiro atoms. The molecule has 1 unspecified atom stereocenters. The molecule has 3 N–H and O–H groups in total. The molecular formula is C11H10FN3O2. The summed E-state index contributed by atoms with van der Waals surface area (Å²) in [5.41, 5.74) is 5.56. The van der Waals surface area contributed by atoms with Crippen molar-refractivity contribution in [2.75, 3.05) is 6.54 Å². The summed E-state index contributed by atoms with van der Waals surface area (Å²) in [5, 5.41) is 2.41. The van der Waals surface area contributed by atoms with E-state index in [9.17, 15) is 14.0 Å². The van der Waals surface area contributed by atoms with Gasteiger partial charge in [-0.3, -0.25) is 9.59 Å². The van der Waals surface area contributed by atoms with E-state index in [4.69, 9.17) is 5.73 Å². The molecule has 1 aromatic carbocycles. The summed E-state index contributed by atoms with van der Waals surface area (Å²) in [5.74, 6) is -2.62. The van der Waals surface area contributed by atoms with Gasteiger partial charge in [-0.2, -0.15) is 4.99 Å². The van der Waals surface area contributed by atoms with E-state index in [0.717, 1.165) is 6.07 Å². The predicted octanol–water partition coefficient (Wildman–Crippen LogP) is -0.0771. The molecule has 1 aromatic rings. The molecule has 0 aliphatic carbocycles. The number of amides is 2. The van der Waals surface area contributed by atoms with Crippen LogP contribution in [0.3, 0.4) is 0 Å². The summed E-state index contributed by atoms with van der Waals surface area (Å²) in [4.78, 5) is 27.0. The molecule has 2 amide bonds. The van der Waals surface area contributed by atoms with E-state index >= 15 is 0 Å². The maximum Gasteiger partial charge on any atom is 0.264 e. The number of aliphatic imine (C=N–C) groups is 1.